The Bertz CT molecular complexity index is 403. The summed E-state index contributed by atoms with van der Waals surface area (Å²) in [6.07, 6.45) is 0.430. The van der Waals surface area contributed by atoms with E-state index in [-0.39, 0.29) is 5.91 Å². The fourth-order valence-corrected chi connectivity index (χ4v) is 1.85. The fraction of sp³-hybridized carbons (Fsp3) is 0.300. The number of amides is 1. The summed E-state index contributed by atoms with van der Waals surface area (Å²) in [5, 5.41) is 0.535. The first kappa shape index (κ1) is 9.34. The van der Waals surface area contributed by atoms with Crippen molar-refractivity contribution >= 4 is 23.2 Å². The number of fused-ring (bicyclic) bond motifs is 1. The molecule has 1 heterocycles. The number of likely N-dealkylation sites (N-methyl/N-ethyl adjacent to an activating group) is 1. The van der Waals surface area contributed by atoms with E-state index >= 15 is 0 Å². The molecule has 74 valence electrons. The average molecular weight is 212 g/mol. The number of carbonyl (C=O) groups is 1. The van der Waals surface area contributed by atoms with E-state index in [0.29, 0.717) is 17.2 Å². The highest BCUT2D eigenvalue weighted by Gasteiger charge is 2.25. The highest BCUT2D eigenvalue weighted by Crippen LogP contribution is 2.36. The highest BCUT2D eigenvalue weighted by molar-refractivity contribution is 6.32. The summed E-state index contributed by atoms with van der Waals surface area (Å²) in [7, 11) is 3.31. The second-order valence-electron chi connectivity index (χ2n) is 3.24. The van der Waals surface area contributed by atoms with Crippen LogP contribution in [0.3, 0.4) is 0 Å². The molecular formula is C10H10ClNO2. The molecule has 1 aromatic carbocycles. The van der Waals surface area contributed by atoms with Gasteiger partial charge < -0.3 is 9.64 Å². The number of carbonyl (C=O) groups excluding carboxylic acids is 1. The normalized spacial score (nSPS) is 14.5. The lowest BCUT2D eigenvalue weighted by Crippen LogP contribution is -2.20. The molecule has 1 amide bonds. The van der Waals surface area contributed by atoms with Crippen LogP contribution in [-0.2, 0) is 11.2 Å². The Morgan fingerprint density at radius 3 is 2.86 bits per heavy atom. The maximum atomic E-state index is 11.4. The van der Waals surface area contributed by atoms with Crippen LogP contribution in [0.1, 0.15) is 5.56 Å². The molecule has 0 N–H and O–H groups in total. The first-order valence-electron chi connectivity index (χ1n) is 4.26. The van der Waals surface area contributed by atoms with Crippen LogP contribution in [0.2, 0.25) is 5.02 Å². The van der Waals surface area contributed by atoms with Crippen LogP contribution in [0, 0.1) is 0 Å². The van der Waals surface area contributed by atoms with Gasteiger partial charge in [-0.25, -0.2) is 0 Å². The zero-order valence-electron chi connectivity index (χ0n) is 8.00. The molecule has 0 radical (unpaired) electrons. The number of nitrogens with zero attached hydrogens (tertiary/aromatic N) is 1. The molecule has 1 aromatic rings. The maximum absolute atomic E-state index is 11.4. The van der Waals surface area contributed by atoms with E-state index < -0.39 is 0 Å². The van der Waals surface area contributed by atoms with Gasteiger partial charge in [-0.3, -0.25) is 4.79 Å². The summed E-state index contributed by atoms with van der Waals surface area (Å²) in [4.78, 5) is 13.0. The Morgan fingerprint density at radius 2 is 2.21 bits per heavy atom. The van der Waals surface area contributed by atoms with Gasteiger partial charge in [0.2, 0.25) is 5.91 Å². The van der Waals surface area contributed by atoms with Crippen molar-refractivity contribution in [1.82, 2.24) is 0 Å². The molecular weight excluding hydrogens is 202 g/mol. The quantitative estimate of drug-likeness (QED) is 0.710. The summed E-state index contributed by atoms with van der Waals surface area (Å²) in [5.74, 6) is 0.706. The van der Waals surface area contributed by atoms with Gasteiger partial charge in [0.15, 0.2) is 0 Å². The molecule has 0 aliphatic carbocycles. The smallest absolute Gasteiger partial charge is 0.231 e. The van der Waals surface area contributed by atoms with E-state index in [0.717, 1.165) is 11.3 Å². The number of hydrogen-bond acceptors (Lipinski definition) is 2. The molecule has 0 aromatic heterocycles. The third-order valence-electron chi connectivity index (χ3n) is 2.43. The van der Waals surface area contributed by atoms with Crippen molar-refractivity contribution in [2.45, 2.75) is 6.42 Å². The topological polar surface area (TPSA) is 29.5 Å². The van der Waals surface area contributed by atoms with E-state index in [9.17, 15) is 4.79 Å². The van der Waals surface area contributed by atoms with Crippen molar-refractivity contribution in [3.63, 3.8) is 0 Å². The van der Waals surface area contributed by atoms with Crippen LogP contribution >= 0.6 is 11.6 Å². The number of rotatable bonds is 1. The summed E-state index contributed by atoms with van der Waals surface area (Å²) >= 11 is 5.96. The minimum absolute atomic E-state index is 0.0873. The van der Waals surface area contributed by atoms with E-state index in [2.05, 4.69) is 0 Å². The third-order valence-corrected chi connectivity index (χ3v) is 2.73. The SMILES string of the molecule is COc1cc2c(cc1Cl)N(C)C(=O)C2. The molecule has 4 heteroatoms. The second kappa shape index (κ2) is 3.17. The summed E-state index contributed by atoms with van der Waals surface area (Å²) in [6, 6.07) is 3.58. The van der Waals surface area contributed by atoms with Crippen molar-refractivity contribution in [1.29, 1.82) is 0 Å². The van der Waals surface area contributed by atoms with Gasteiger partial charge >= 0.3 is 0 Å². The number of benzene rings is 1. The highest BCUT2D eigenvalue weighted by atomic mass is 35.5. The Hall–Kier alpha value is -1.22. The number of halogens is 1. The molecule has 0 unspecified atom stereocenters. The molecule has 0 saturated carbocycles. The van der Waals surface area contributed by atoms with Crippen LogP contribution in [0.15, 0.2) is 12.1 Å². The average Bonchev–Trinajstić information content (AvgIpc) is 2.43. The minimum Gasteiger partial charge on any atom is -0.495 e. The summed E-state index contributed by atoms with van der Waals surface area (Å²) in [5.41, 5.74) is 1.85. The molecule has 0 saturated heterocycles. The Labute approximate surface area is 87.2 Å². The van der Waals surface area contributed by atoms with Gasteiger partial charge in [-0.05, 0) is 17.7 Å². The third kappa shape index (κ3) is 1.24. The first-order chi connectivity index (χ1) is 6.63. The second-order valence-corrected chi connectivity index (χ2v) is 3.65. The molecule has 0 fully saturated rings. The molecule has 1 aliphatic heterocycles. The summed E-state index contributed by atoms with van der Waals surface area (Å²) in [6.45, 7) is 0. The molecule has 2 rings (SSSR count). The van der Waals surface area contributed by atoms with E-state index in [1.54, 1.807) is 25.1 Å². The lowest BCUT2D eigenvalue weighted by Gasteiger charge is -2.11. The van der Waals surface area contributed by atoms with Gasteiger partial charge in [0.25, 0.3) is 0 Å². The number of ether oxygens (including phenoxy) is 1. The number of hydrogen-bond donors (Lipinski definition) is 0. The molecule has 0 atom stereocenters. The van der Waals surface area contributed by atoms with Crippen molar-refractivity contribution in [2.24, 2.45) is 0 Å². The van der Waals surface area contributed by atoms with Gasteiger partial charge in [0, 0.05) is 12.7 Å². The largest absolute Gasteiger partial charge is 0.495 e. The van der Waals surface area contributed by atoms with Crippen molar-refractivity contribution in [3.05, 3.63) is 22.7 Å². The van der Waals surface area contributed by atoms with E-state index in [1.807, 2.05) is 6.07 Å². The number of methoxy groups -OCH3 is 1. The van der Waals surface area contributed by atoms with E-state index in [1.165, 1.54) is 0 Å². The predicted molar refractivity (Wildman–Crippen MR) is 55.1 cm³/mol. The number of anilines is 1. The Balaban J connectivity index is 2.54. The molecule has 0 spiro atoms. The van der Waals surface area contributed by atoms with Crippen LogP contribution in [0.5, 0.6) is 5.75 Å². The minimum atomic E-state index is 0.0873. The lowest BCUT2D eigenvalue weighted by atomic mass is 10.1. The molecule has 1 aliphatic rings. The standard InChI is InChI=1S/C10H10ClNO2/c1-12-8-5-7(11)9(14-2)3-6(8)4-10(12)13/h3,5H,4H2,1-2H3. The van der Waals surface area contributed by atoms with Gasteiger partial charge in [-0.15, -0.1) is 0 Å². The molecule has 14 heavy (non-hydrogen) atoms. The zero-order valence-corrected chi connectivity index (χ0v) is 8.76. The van der Waals surface area contributed by atoms with Crippen molar-refractivity contribution < 1.29 is 9.53 Å². The monoisotopic (exact) mass is 211 g/mol. The lowest BCUT2D eigenvalue weighted by molar-refractivity contribution is -0.117. The van der Waals surface area contributed by atoms with Crippen LogP contribution in [0.4, 0.5) is 5.69 Å². The fourth-order valence-electron chi connectivity index (χ4n) is 1.61. The van der Waals surface area contributed by atoms with Crippen molar-refractivity contribution in [3.8, 4) is 5.75 Å². The van der Waals surface area contributed by atoms with Gasteiger partial charge in [0.1, 0.15) is 5.75 Å². The summed E-state index contributed by atoms with van der Waals surface area (Å²) < 4.78 is 5.08. The molecule has 0 bridgehead atoms. The maximum Gasteiger partial charge on any atom is 0.231 e. The van der Waals surface area contributed by atoms with Crippen LogP contribution in [-0.4, -0.2) is 20.1 Å². The molecule has 3 nitrogen and oxygen atoms in total. The van der Waals surface area contributed by atoms with Crippen molar-refractivity contribution in [2.75, 3.05) is 19.1 Å². The van der Waals surface area contributed by atoms with Gasteiger partial charge in [0.05, 0.1) is 18.6 Å². The van der Waals surface area contributed by atoms with E-state index in [4.69, 9.17) is 16.3 Å². The Kier molecular flexibility index (Phi) is 2.11. The van der Waals surface area contributed by atoms with Crippen LogP contribution < -0.4 is 9.64 Å². The van der Waals surface area contributed by atoms with Gasteiger partial charge in [-0.2, -0.15) is 0 Å². The Morgan fingerprint density at radius 1 is 1.50 bits per heavy atom. The first-order valence-corrected chi connectivity index (χ1v) is 4.64. The van der Waals surface area contributed by atoms with Crippen LogP contribution in [0.25, 0.3) is 0 Å². The van der Waals surface area contributed by atoms with Gasteiger partial charge in [-0.1, -0.05) is 11.6 Å². The predicted octanol–water partition coefficient (Wildman–Crippen LogP) is 1.87. The zero-order chi connectivity index (χ0) is 10.3.